The maximum atomic E-state index is 11.2. The van der Waals surface area contributed by atoms with Gasteiger partial charge in [-0.25, -0.2) is 4.98 Å². The molecule has 5 nitrogen and oxygen atoms in total. The van der Waals surface area contributed by atoms with Crippen molar-refractivity contribution in [1.29, 1.82) is 5.26 Å². The van der Waals surface area contributed by atoms with Crippen molar-refractivity contribution in [1.82, 2.24) is 4.98 Å². The second kappa shape index (κ2) is 8.40. The number of nitriles is 1. The quantitative estimate of drug-likeness (QED) is 0.497. The molecule has 0 bridgehead atoms. The molecule has 2 aliphatic rings. The second-order valence-electron chi connectivity index (χ2n) is 8.66. The van der Waals surface area contributed by atoms with E-state index in [0.717, 1.165) is 46.7 Å². The Kier molecular flexibility index (Phi) is 5.44. The average molecular weight is 445 g/mol. The lowest BCUT2D eigenvalue weighted by atomic mass is 9.94. The van der Waals surface area contributed by atoms with Gasteiger partial charge in [0.1, 0.15) is 16.8 Å². The Bertz CT molecular complexity index is 1240. The molecule has 2 aliphatic carbocycles. The fraction of sp³-hybridized carbons (Fsp3) is 0.346. The zero-order valence-corrected chi connectivity index (χ0v) is 18.7. The normalized spacial score (nSPS) is 17.4. The minimum absolute atomic E-state index is 0.104. The van der Waals surface area contributed by atoms with Gasteiger partial charge in [-0.2, -0.15) is 5.26 Å². The Morgan fingerprint density at radius 2 is 2.12 bits per heavy atom. The van der Waals surface area contributed by atoms with Crippen LogP contribution in [0.1, 0.15) is 60.3 Å². The van der Waals surface area contributed by atoms with Crippen LogP contribution in [0.4, 0.5) is 0 Å². The summed E-state index contributed by atoms with van der Waals surface area (Å²) >= 11 is 1.61. The minimum atomic E-state index is -0.741. The van der Waals surface area contributed by atoms with E-state index in [2.05, 4.69) is 30.1 Å². The molecule has 1 atom stereocenters. The first kappa shape index (κ1) is 20.7. The van der Waals surface area contributed by atoms with Crippen LogP contribution >= 0.6 is 11.3 Å². The van der Waals surface area contributed by atoms with E-state index < -0.39 is 5.97 Å². The van der Waals surface area contributed by atoms with E-state index in [1.54, 1.807) is 11.3 Å². The van der Waals surface area contributed by atoms with Gasteiger partial charge in [0.25, 0.3) is 0 Å². The SMILES string of the molecule is Cc1c(-c2ncc(-c3ccc(OC4CCC4)c(C#N)c3)s2)ccc2c1CCC2CC(=O)O. The predicted molar refractivity (Wildman–Crippen MR) is 124 cm³/mol. The Morgan fingerprint density at radius 1 is 1.28 bits per heavy atom. The summed E-state index contributed by atoms with van der Waals surface area (Å²) < 4.78 is 5.96. The number of fused-ring (bicyclic) bond motifs is 1. The summed E-state index contributed by atoms with van der Waals surface area (Å²) in [7, 11) is 0. The maximum absolute atomic E-state index is 11.2. The van der Waals surface area contributed by atoms with Crippen LogP contribution in [-0.4, -0.2) is 22.2 Å². The van der Waals surface area contributed by atoms with Crippen molar-refractivity contribution in [2.45, 2.75) is 57.5 Å². The molecule has 1 fully saturated rings. The van der Waals surface area contributed by atoms with Crippen LogP contribution in [0.5, 0.6) is 5.75 Å². The molecule has 1 aromatic heterocycles. The summed E-state index contributed by atoms with van der Waals surface area (Å²) in [6.45, 7) is 2.11. The van der Waals surface area contributed by atoms with Crippen LogP contribution in [-0.2, 0) is 11.2 Å². The van der Waals surface area contributed by atoms with E-state index in [-0.39, 0.29) is 18.4 Å². The topological polar surface area (TPSA) is 83.2 Å². The van der Waals surface area contributed by atoms with Gasteiger partial charge in [-0.3, -0.25) is 4.79 Å². The van der Waals surface area contributed by atoms with E-state index in [9.17, 15) is 15.2 Å². The molecular weight excluding hydrogens is 420 g/mol. The third-order valence-corrected chi connectivity index (χ3v) is 7.78. The lowest BCUT2D eigenvalue weighted by Crippen LogP contribution is -2.24. The van der Waals surface area contributed by atoms with Gasteiger partial charge in [-0.15, -0.1) is 11.3 Å². The average Bonchev–Trinajstić information content (AvgIpc) is 3.39. The summed E-state index contributed by atoms with van der Waals surface area (Å²) in [5.41, 5.74) is 6.26. The first-order valence-electron chi connectivity index (χ1n) is 11.0. The van der Waals surface area contributed by atoms with Gasteiger partial charge >= 0.3 is 5.97 Å². The molecule has 0 radical (unpaired) electrons. The van der Waals surface area contributed by atoms with Crippen molar-refractivity contribution in [2.75, 3.05) is 0 Å². The lowest BCUT2D eigenvalue weighted by Gasteiger charge is -2.26. The highest BCUT2D eigenvalue weighted by Crippen LogP contribution is 2.42. The molecule has 32 heavy (non-hydrogen) atoms. The molecule has 1 saturated carbocycles. The third-order valence-electron chi connectivity index (χ3n) is 6.70. The Hall–Kier alpha value is -3.17. The van der Waals surface area contributed by atoms with Crippen molar-refractivity contribution in [3.63, 3.8) is 0 Å². The number of carbonyl (C=O) groups is 1. The van der Waals surface area contributed by atoms with E-state index in [0.29, 0.717) is 11.3 Å². The minimum Gasteiger partial charge on any atom is -0.489 e. The number of ether oxygens (including phenoxy) is 1. The zero-order chi connectivity index (χ0) is 22.2. The number of carboxylic acids is 1. The number of hydrogen-bond donors (Lipinski definition) is 1. The molecule has 2 aromatic carbocycles. The zero-order valence-electron chi connectivity index (χ0n) is 17.9. The highest BCUT2D eigenvalue weighted by Gasteiger charge is 2.27. The summed E-state index contributed by atoms with van der Waals surface area (Å²) in [4.78, 5) is 16.9. The molecule has 1 N–H and O–H groups in total. The predicted octanol–water partition coefficient (Wildman–Crippen LogP) is 6.09. The van der Waals surface area contributed by atoms with E-state index >= 15 is 0 Å². The van der Waals surface area contributed by atoms with Crippen LogP contribution in [0, 0.1) is 18.3 Å². The van der Waals surface area contributed by atoms with Crippen molar-refractivity contribution < 1.29 is 14.6 Å². The van der Waals surface area contributed by atoms with E-state index in [4.69, 9.17) is 4.74 Å². The van der Waals surface area contributed by atoms with Gasteiger partial charge in [0.05, 0.1) is 23.0 Å². The summed E-state index contributed by atoms with van der Waals surface area (Å²) in [5, 5.41) is 19.7. The standard InChI is InChI=1S/C26H24N2O3S/c1-15-20-7-5-16(12-25(29)30)22(20)9-8-21(15)26-28-14-24(32-26)17-6-10-23(18(11-17)13-27)31-19-3-2-4-19/h6,8-11,14,16,19H,2-5,7,12H2,1H3,(H,29,30). The van der Waals surface area contributed by atoms with Gasteiger partial charge in [0.2, 0.25) is 0 Å². The van der Waals surface area contributed by atoms with Gasteiger partial charge in [-0.05, 0) is 85.4 Å². The van der Waals surface area contributed by atoms with Crippen LogP contribution in [0.3, 0.4) is 0 Å². The van der Waals surface area contributed by atoms with Gasteiger partial charge < -0.3 is 9.84 Å². The molecule has 0 spiro atoms. The number of thiazole rings is 1. The highest BCUT2D eigenvalue weighted by molar-refractivity contribution is 7.18. The first-order chi connectivity index (χ1) is 15.5. The molecule has 1 unspecified atom stereocenters. The fourth-order valence-corrected chi connectivity index (χ4v) is 5.69. The molecule has 0 saturated heterocycles. The second-order valence-corrected chi connectivity index (χ2v) is 9.69. The Morgan fingerprint density at radius 3 is 2.84 bits per heavy atom. The molecule has 5 rings (SSSR count). The Labute approximate surface area is 191 Å². The number of nitrogens with zero attached hydrogens (tertiary/aromatic N) is 2. The number of carboxylic acid groups (broad SMARTS) is 1. The van der Waals surface area contributed by atoms with Crippen molar-refractivity contribution in [3.8, 4) is 32.8 Å². The van der Waals surface area contributed by atoms with E-state index in [1.807, 2.05) is 24.4 Å². The van der Waals surface area contributed by atoms with Crippen LogP contribution < -0.4 is 4.74 Å². The number of hydrogen-bond acceptors (Lipinski definition) is 5. The number of aliphatic carboxylic acids is 1. The van der Waals surface area contributed by atoms with Crippen molar-refractivity contribution in [2.24, 2.45) is 0 Å². The van der Waals surface area contributed by atoms with Gasteiger partial charge in [0.15, 0.2) is 0 Å². The van der Waals surface area contributed by atoms with Crippen LogP contribution in [0.15, 0.2) is 36.5 Å². The first-order valence-corrected chi connectivity index (χ1v) is 11.9. The number of benzene rings is 2. The molecule has 1 heterocycles. The van der Waals surface area contributed by atoms with Crippen LogP contribution in [0.25, 0.3) is 21.0 Å². The fourth-order valence-electron chi connectivity index (χ4n) is 4.69. The lowest BCUT2D eigenvalue weighted by molar-refractivity contribution is -0.137. The molecule has 6 heteroatoms. The van der Waals surface area contributed by atoms with Gasteiger partial charge in [0, 0.05) is 11.8 Å². The van der Waals surface area contributed by atoms with Gasteiger partial charge in [-0.1, -0.05) is 12.1 Å². The number of rotatable bonds is 6. The molecule has 3 aromatic rings. The number of aromatic nitrogens is 1. The monoisotopic (exact) mass is 444 g/mol. The Balaban J connectivity index is 1.42. The molecule has 0 amide bonds. The summed E-state index contributed by atoms with van der Waals surface area (Å²) in [6.07, 6.45) is 7.40. The highest BCUT2D eigenvalue weighted by atomic mass is 32.1. The third kappa shape index (κ3) is 3.78. The summed E-state index contributed by atoms with van der Waals surface area (Å²) in [6, 6.07) is 12.2. The maximum Gasteiger partial charge on any atom is 0.303 e. The summed E-state index contributed by atoms with van der Waals surface area (Å²) in [5.74, 6) is 0.0261. The van der Waals surface area contributed by atoms with Crippen molar-refractivity contribution >= 4 is 17.3 Å². The van der Waals surface area contributed by atoms with Crippen molar-refractivity contribution in [3.05, 3.63) is 58.8 Å². The largest absolute Gasteiger partial charge is 0.489 e. The molecule has 0 aliphatic heterocycles. The molecule has 162 valence electrons. The van der Waals surface area contributed by atoms with Crippen LogP contribution in [0.2, 0.25) is 0 Å². The molecular formula is C26H24N2O3S. The smallest absolute Gasteiger partial charge is 0.303 e. The van der Waals surface area contributed by atoms with E-state index in [1.165, 1.54) is 23.1 Å².